The smallest absolute Gasteiger partial charge is 0.328 e. The number of carboxylic acids is 1. The second-order valence-corrected chi connectivity index (χ2v) is 6.37. The first-order chi connectivity index (χ1) is 13.0. The van der Waals surface area contributed by atoms with Gasteiger partial charge in [0, 0.05) is 0 Å². The summed E-state index contributed by atoms with van der Waals surface area (Å²) in [6.45, 7) is 3.67. The number of fused-ring (bicyclic) bond motifs is 1. The summed E-state index contributed by atoms with van der Waals surface area (Å²) in [6.07, 6.45) is 1.55. The molecule has 9 heteroatoms. The van der Waals surface area contributed by atoms with Crippen molar-refractivity contribution in [3.8, 4) is 11.5 Å². The molecular formula is C18H17N5O4. The number of amides is 1. The van der Waals surface area contributed by atoms with Crippen LogP contribution in [0.15, 0.2) is 34.9 Å². The predicted molar refractivity (Wildman–Crippen MR) is 92.7 cm³/mol. The van der Waals surface area contributed by atoms with Crippen LogP contribution in [0.1, 0.15) is 27.7 Å². The molecule has 0 radical (unpaired) electrons. The van der Waals surface area contributed by atoms with E-state index in [2.05, 4.69) is 15.2 Å². The van der Waals surface area contributed by atoms with Crippen LogP contribution in [0.3, 0.4) is 0 Å². The minimum Gasteiger partial charge on any atom is -0.480 e. The summed E-state index contributed by atoms with van der Waals surface area (Å²) in [5, 5.41) is 17.6. The number of aliphatic carboxylic acids is 1. The number of hydrogen-bond acceptors (Lipinski definition) is 6. The molecule has 1 aliphatic heterocycles. The first-order valence-electron chi connectivity index (χ1n) is 8.39. The zero-order chi connectivity index (χ0) is 19.1. The summed E-state index contributed by atoms with van der Waals surface area (Å²) < 4.78 is 7.06. The number of aryl methyl sites for hydroxylation is 2. The Bertz CT molecular complexity index is 1020. The molecule has 1 amide bonds. The van der Waals surface area contributed by atoms with Gasteiger partial charge >= 0.3 is 5.97 Å². The van der Waals surface area contributed by atoms with Crippen LogP contribution in [0.25, 0.3) is 11.5 Å². The van der Waals surface area contributed by atoms with Gasteiger partial charge in [-0.25, -0.2) is 9.78 Å². The van der Waals surface area contributed by atoms with Gasteiger partial charge in [-0.15, -0.1) is 10.2 Å². The molecule has 4 rings (SSSR count). The third-order valence-electron chi connectivity index (χ3n) is 4.69. The first kappa shape index (κ1) is 17.0. The molecule has 4 heterocycles. The molecule has 3 aromatic heterocycles. The first-order valence-corrected chi connectivity index (χ1v) is 8.39. The van der Waals surface area contributed by atoms with E-state index in [9.17, 15) is 14.7 Å². The molecule has 0 saturated carbocycles. The largest absolute Gasteiger partial charge is 0.480 e. The fourth-order valence-electron chi connectivity index (χ4n) is 3.24. The zero-order valence-corrected chi connectivity index (χ0v) is 14.8. The van der Waals surface area contributed by atoms with Crippen molar-refractivity contribution in [2.45, 2.75) is 33.0 Å². The lowest BCUT2D eigenvalue weighted by Crippen LogP contribution is -2.51. The Labute approximate surface area is 154 Å². The van der Waals surface area contributed by atoms with Crippen LogP contribution < -0.4 is 0 Å². The van der Waals surface area contributed by atoms with Gasteiger partial charge in [0.1, 0.15) is 17.6 Å². The number of rotatable bonds is 3. The second-order valence-electron chi connectivity index (χ2n) is 6.37. The molecule has 0 spiro atoms. The van der Waals surface area contributed by atoms with Crippen molar-refractivity contribution >= 4 is 11.9 Å². The SMILES string of the molecule is Cc1nc(-c2ccco2)ccc1C(=O)N1Cc2nnc(C)n2CC1C(=O)O. The van der Waals surface area contributed by atoms with E-state index in [1.54, 1.807) is 48.9 Å². The molecule has 0 saturated heterocycles. The van der Waals surface area contributed by atoms with Gasteiger partial charge in [0.25, 0.3) is 5.91 Å². The van der Waals surface area contributed by atoms with Crippen LogP contribution in [-0.4, -0.2) is 47.7 Å². The predicted octanol–water partition coefficient (Wildman–Crippen LogP) is 1.66. The van der Waals surface area contributed by atoms with Gasteiger partial charge in [-0.3, -0.25) is 4.79 Å². The van der Waals surface area contributed by atoms with E-state index in [0.717, 1.165) is 0 Å². The third kappa shape index (κ3) is 2.86. The Morgan fingerprint density at radius 2 is 2.04 bits per heavy atom. The topological polar surface area (TPSA) is 114 Å². The highest BCUT2D eigenvalue weighted by molar-refractivity contribution is 5.97. The number of nitrogens with zero attached hydrogens (tertiary/aromatic N) is 5. The van der Waals surface area contributed by atoms with Gasteiger partial charge < -0.3 is 19.0 Å². The Morgan fingerprint density at radius 3 is 2.70 bits per heavy atom. The van der Waals surface area contributed by atoms with Crippen molar-refractivity contribution in [3.05, 3.63) is 53.4 Å². The molecule has 0 bridgehead atoms. The average Bonchev–Trinajstić information content (AvgIpc) is 3.30. The maximum Gasteiger partial charge on any atom is 0.328 e. The molecule has 1 atom stereocenters. The van der Waals surface area contributed by atoms with Crippen LogP contribution in [0, 0.1) is 13.8 Å². The average molecular weight is 367 g/mol. The van der Waals surface area contributed by atoms with Crippen LogP contribution in [0.2, 0.25) is 0 Å². The van der Waals surface area contributed by atoms with E-state index in [4.69, 9.17) is 4.42 Å². The van der Waals surface area contributed by atoms with E-state index in [0.29, 0.717) is 34.4 Å². The minimum absolute atomic E-state index is 0.0794. The summed E-state index contributed by atoms with van der Waals surface area (Å²) in [5.74, 6) is 0.326. The minimum atomic E-state index is -1.07. The van der Waals surface area contributed by atoms with E-state index >= 15 is 0 Å². The zero-order valence-electron chi connectivity index (χ0n) is 14.8. The summed E-state index contributed by atoms with van der Waals surface area (Å²) in [5.41, 5.74) is 1.46. The quantitative estimate of drug-likeness (QED) is 0.748. The summed E-state index contributed by atoms with van der Waals surface area (Å²) in [6, 6.07) is 5.87. The Hall–Kier alpha value is -3.49. The molecule has 0 aromatic carbocycles. The Kier molecular flexibility index (Phi) is 3.98. The van der Waals surface area contributed by atoms with Gasteiger partial charge in [-0.1, -0.05) is 0 Å². The number of hydrogen-bond donors (Lipinski definition) is 1. The highest BCUT2D eigenvalue weighted by Crippen LogP contribution is 2.24. The fourth-order valence-corrected chi connectivity index (χ4v) is 3.24. The maximum atomic E-state index is 13.1. The van der Waals surface area contributed by atoms with E-state index in [1.807, 2.05) is 0 Å². The standard InChI is InChI=1S/C18H17N5O4/c1-10-12(5-6-13(19-10)15-4-3-7-27-15)17(24)23-9-16-21-20-11(2)22(16)8-14(23)18(25)26/h3-7,14H,8-9H2,1-2H3,(H,25,26). The lowest BCUT2D eigenvalue weighted by atomic mass is 10.1. The molecule has 1 unspecified atom stereocenters. The molecule has 27 heavy (non-hydrogen) atoms. The van der Waals surface area contributed by atoms with Crippen molar-refractivity contribution in [1.29, 1.82) is 0 Å². The maximum absolute atomic E-state index is 13.1. The lowest BCUT2D eigenvalue weighted by Gasteiger charge is -2.33. The van der Waals surface area contributed by atoms with Gasteiger partial charge in [-0.2, -0.15) is 0 Å². The molecule has 138 valence electrons. The highest BCUT2D eigenvalue weighted by atomic mass is 16.4. The second kappa shape index (κ2) is 6.35. The van der Waals surface area contributed by atoms with Crippen LogP contribution in [0.5, 0.6) is 0 Å². The van der Waals surface area contributed by atoms with Crippen molar-refractivity contribution in [2.75, 3.05) is 0 Å². The molecule has 3 aromatic rings. The lowest BCUT2D eigenvalue weighted by molar-refractivity contribution is -0.143. The molecule has 1 aliphatic rings. The number of carboxylic acid groups (broad SMARTS) is 1. The van der Waals surface area contributed by atoms with Gasteiger partial charge in [-0.05, 0) is 38.1 Å². The van der Waals surface area contributed by atoms with Crippen LogP contribution >= 0.6 is 0 Å². The Morgan fingerprint density at radius 1 is 1.22 bits per heavy atom. The van der Waals surface area contributed by atoms with Gasteiger partial charge in [0.15, 0.2) is 11.6 Å². The van der Waals surface area contributed by atoms with E-state index < -0.39 is 17.9 Å². The molecular weight excluding hydrogens is 350 g/mol. The summed E-state index contributed by atoms with van der Waals surface area (Å²) in [7, 11) is 0. The van der Waals surface area contributed by atoms with Crippen LogP contribution in [-0.2, 0) is 17.9 Å². The molecule has 9 nitrogen and oxygen atoms in total. The monoisotopic (exact) mass is 367 g/mol. The van der Waals surface area contributed by atoms with Crippen molar-refractivity contribution in [3.63, 3.8) is 0 Å². The number of aromatic nitrogens is 4. The number of carbonyl (C=O) groups is 2. The fraction of sp³-hybridized carbons (Fsp3) is 0.278. The molecule has 0 fully saturated rings. The van der Waals surface area contributed by atoms with E-state index in [1.165, 1.54) is 4.90 Å². The van der Waals surface area contributed by atoms with Crippen LogP contribution in [0.4, 0.5) is 0 Å². The van der Waals surface area contributed by atoms with Gasteiger partial charge in [0.2, 0.25) is 0 Å². The van der Waals surface area contributed by atoms with Crippen molar-refractivity contribution in [2.24, 2.45) is 0 Å². The normalized spacial score (nSPS) is 16.2. The summed E-state index contributed by atoms with van der Waals surface area (Å²) in [4.78, 5) is 30.6. The number of pyridine rings is 1. The number of carbonyl (C=O) groups excluding carboxylic acids is 1. The number of furan rings is 1. The molecule has 0 aliphatic carbocycles. The third-order valence-corrected chi connectivity index (χ3v) is 4.69. The molecule has 1 N–H and O–H groups in total. The van der Waals surface area contributed by atoms with Crippen molar-refractivity contribution in [1.82, 2.24) is 24.6 Å². The highest BCUT2D eigenvalue weighted by Gasteiger charge is 2.37. The van der Waals surface area contributed by atoms with E-state index in [-0.39, 0.29) is 13.1 Å². The van der Waals surface area contributed by atoms with Crippen molar-refractivity contribution < 1.29 is 19.1 Å². The summed E-state index contributed by atoms with van der Waals surface area (Å²) >= 11 is 0. The Balaban J connectivity index is 1.68. The van der Waals surface area contributed by atoms with Gasteiger partial charge in [0.05, 0.1) is 30.6 Å².